The van der Waals surface area contributed by atoms with Crippen molar-refractivity contribution < 1.29 is 9.53 Å². The molecule has 0 aliphatic rings. The van der Waals surface area contributed by atoms with Crippen molar-refractivity contribution in [2.24, 2.45) is 0 Å². The highest BCUT2D eigenvalue weighted by atomic mass is 32.2. The van der Waals surface area contributed by atoms with Crippen LogP contribution in [-0.2, 0) is 17.0 Å². The fourth-order valence-electron chi connectivity index (χ4n) is 2.63. The lowest BCUT2D eigenvalue weighted by atomic mass is 10.1. The van der Waals surface area contributed by atoms with Gasteiger partial charge in [-0.1, -0.05) is 30.3 Å². The van der Waals surface area contributed by atoms with Crippen LogP contribution in [0.5, 0.6) is 5.75 Å². The van der Waals surface area contributed by atoms with Crippen LogP contribution < -0.4 is 21.1 Å². The van der Waals surface area contributed by atoms with Gasteiger partial charge in [-0.15, -0.1) is 11.8 Å². The summed E-state index contributed by atoms with van der Waals surface area (Å²) in [6.07, 6.45) is 0.763. The average molecular weight is 425 g/mol. The van der Waals surface area contributed by atoms with E-state index in [0.717, 1.165) is 23.4 Å². The van der Waals surface area contributed by atoms with E-state index in [4.69, 9.17) is 10.5 Å². The van der Waals surface area contributed by atoms with E-state index >= 15 is 0 Å². The first-order valence-corrected chi connectivity index (χ1v) is 10.6. The minimum absolute atomic E-state index is 0.0295. The fourth-order valence-corrected chi connectivity index (χ4v) is 3.33. The number of carbonyl (C=O) groups excluding carboxylic acids is 1. The zero-order chi connectivity index (χ0) is 21.2. The number of amides is 1. The van der Waals surface area contributed by atoms with Gasteiger partial charge in [0.25, 0.3) is 0 Å². The monoisotopic (exact) mass is 424 g/mol. The van der Waals surface area contributed by atoms with Crippen LogP contribution in [0, 0.1) is 0 Å². The number of benzene rings is 2. The quantitative estimate of drug-likeness (QED) is 0.455. The Morgan fingerprint density at radius 1 is 1.07 bits per heavy atom. The number of anilines is 3. The molecule has 0 fully saturated rings. The Labute approximate surface area is 179 Å². The smallest absolute Gasteiger partial charge is 0.232 e. The Hall–Kier alpha value is -3.33. The lowest BCUT2D eigenvalue weighted by Gasteiger charge is -2.08. The lowest BCUT2D eigenvalue weighted by molar-refractivity contribution is -0.118. The van der Waals surface area contributed by atoms with Crippen LogP contribution in [-0.4, -0.2) is 40.3 Å². The molecule has 4 N–H and O–H groups in total. The number of nitrogens with one attached hydrogen (secondary N) is 2. The Balaban J connectivity index is 1.41. The average Bonchev–Trinajstić information content (AvgIpc) is 2.74. The Bertz CT molecular complexity index is 953. The molecule has 0 unspecified atom stereocenters. The van der Waals surface area contributed by atoms with Gasteiger partial charge in [0.15, 0.2) is 0 Å². The largest absolute Gasteiger partial charge is 0.497 e. The molecular weight excluding hydrogens is 400 g/mol. The van der Waals surface area contributed by atoms with Crippen LogP contribution in [0.15, 0.2) is 54.6 Å². The summed E-state index contributed by atoms with van der Waals surface area (Å²) < 4.78 is 5.14. The SMILES string of the molecule is COc1ccc(CCNC(=O)CSCc2nc(N)nc(Nc3ccccc3)n2)cc1. The second-order valence-corrected chi connectivity index (χ2v) is 7.35. The van der Waals surface area contributed by atoms with Crippen molar-refractivity contribution in [3.8, 4) is 5.75 Å². The Kier molecular flexibility index (Phi) is 7.85. The maximum absolute atomic E-state index is 12.1. The zero-order valence-electron chi connectivity index (χ0n) is 16.7. The van der Waals surface area contributed by atoms with Crippen molar-refractivity contribution in [1.29, 1.82) is 0 Å². The molecule has 3 aromatic rings. The molecule has 1 aromatic heterocycles. The summed E-state index contributed by atoms with van der Waals surface area (Å²) in [5.74, 6) is 2.62. The minimum atomic E-state index is -0.0295. The van der Waals surface area contributed by atoms with Gasteiger partial charge in [-0.2, -0.15) is 15.0 Å². The lowest BCUT2D eigenvalue weighted by Crippen LogP contribution is -2.27. The number of methoxy groups -OCH3 is 1. The number of nitrogens with two attached hydrogens (primary N) is 1. The molecule has 0 saturated heterocycles. The molecular formula is C21H24N6O2S. The summed E-state index contributed by atoms with van der Waals surface area (Å²) in [7, 11) is 1.64. The highest BCUT2D eigenvalue weighted by Crippen LogP contribution is 2.15. The predicted octanol–water partition coefficient (Wildman–Crippen LogP) is 2.80. The predicted molar refractivity (Wildman–Crippen MR) is 120 cm³/mol. The van der Waals surface area contributed by atoms with E-state index in [1.165, 1.54) is 11.8 Å². The molecule has 1 heterocycles. The van der Waals surface area contributed by atoms with Crippen LogP contribution in [0.25, 0.3) is 0 Å². The van der Waals surface area contributed by atoms with Gasteiger partial charge in [0, 0.05) is 12.2 Å². The van der Waals surface area contributed by atoms with Gasteiger partial charge in [-0.05, 0) is 36.2 Å². The Morgan fingerprint density at radius 3 is 2.57 bits per heavy atom. The number of hydrogen-bond acceptors (Lipinski definition) is 8. The van der Waals surface area contributed by atoms with Gasteiger partial charge in [0.05, 0.1) is 18.6 Å². The third kappa shape index (κ3) is 6.93. The summed E-state index contributed by atoms with van der Waals surface area (Å²) >= 11 is 1.42. The summed E-state index contributed by atoms with van der Waals surface area (Å²) in [5.41, 5.74) is 7.79. The maximum Gasteiger partial charge on any atom is 0.232 e. The van der Waals surface area contributed by atoms with Gasteiger partial charge in [0.1, 0.15) is 11.6 Å². The molecule has 0 aliphatic carbocycles. The van der Waals surface area contributed by atoms with Crippen LogP contribution in [0.1, 0.15) is 11.4 Å². The molecule has 0 aliphatic heterocycles. The van der Waals surface area contributed by atoms with Crippen molar-refractivity contribution in [1.82, 2.24) is 20.3 Å². The van der Waals surface area contributed by atoms with Gasteiger partial charge in [-0.3, -0.25) is 4.79 Å². The number of nitrogens with zero attached hydrogens (tertiary/aromatic N) is 3. The number of nitrogen functional groups attached to an aromatic ring is 1. The molecule has 1 amide bonds. The second kappa shape index (κ2) is 11.0. The number of rotatable bonds is 10. The third-order valence-corrected chi connectivity index (χ3v) is 5.02. The van der Waals surface area contributed by atoms with E-state index in [1.54, 1.807) is 7.11 Å². The van der Waals surface area contributed by atoms with E-state index in [-0.39, 0.29) is 11.9 Å². The summed E-state index contributed by atoms with van der Waals surface area (Å²) in [4.78, 5) is 24.7. The zero-order valence-corrected chi connectivity index (χ0v) is 17.5. The molecule has 156 valence electrons. The van der Waals surface area contributed by atoms with Gasteiger partial charge >= 0.3 is 0 Å². The Morgan fingerprint density at radius 2 is 1.83 bits per heavy atom. The second-order valence-electron chi connectivity index (χ2n) is 6.37. The van der Waals surface area contributed by atoms with Crippen molar-refractivity contribution in [2.75, 3.05) is 30.5 Å². The first-order chi connectivity index (χ1) is 14.6. The first kappa shape index (κ1) is 21.4. The van der Waals surface area contributed by atoms with Crippen molar-refractivity contribution >= 4 is 35.3 Å². The van der Waals surface area contributed by atoms with Gasteiger partial charge < -0.3 is 21.1 Å². The van der Waals surface area contributed by atoms with Crippen LogP contribution in [0.4, 0.5) is 17.6 Å². The number of carbonyl (C=O) groups is 1. The normalized spacial score (nSPS) is 10.4. The van der Waals surface area contributed by atoms with E-state index in [1.807, 2.05) is 54.6 Å². The van der Waals surface area contributed by atoms with Crippen molar-refractivity contribution in [2.45, 2.75) is 12.2 Å². The number of aromatic nitrogens is 3. The fraction of sp³-hybridized carbons (Fsp3) is 0.238. The van der Waals surface area contributed by atoms with E-state index in [2.05, 4.69) is 25.6 Å². The topological polar surface area (TPSA) is 115 Å². The highest BCUT2D eigenvalue weighted by Gasteiger charge is 2.07. The van der Waals surface area contributed by atoms with Crippen LogP contribution in [0.2, 0.25) is 0 Å². The molecule has 0 radical (unpaired) electrons. The van der Waals surface area contributed by atoms with Crippen LogP contribution >= 0.6 is 11.8 Å². The van der Waals surface area contributed by atoms with Crippen molar-refractivity contribution in [3.05, 3.63) is 66.0 Å². The molecule has 30 heavy (non-hydrogen) atoms. The molecule has 0 saturated carbocycles. The van der Waals surface area contributed by atoms with Crippen molar-refractivity contribution in [3.63, 3.8) is 0 Å². The van der Waals surface area contributed by atoms with Gasteiger partial charge in [-0.25, -0.2) is 0 Å². The molecule has 0 bridgehead atoms. The molecule has 0 spiro atoms. The standard InChI is InChI=1S/C21H24N6O2S/c1-29-17-9-7-15(8-10-17)11-12-23-19(28)14-30-13-18-25-20(22)27-21(26-18)24-16-5-3-2-4-6-16/h2-10H,11-14H2,1H3,(H,23,28)(H3,22,24,25,26,27). The van der Waals surface area contributed by atoms with E-state index < -0.39 is 0 Å². The van der Waals surface area contributed by atoms with Gasteiger partial charge in [0.2, 0.25) is 17.8 Å². The number of ether oxygens (including phenoxy) is 1. The molecule has 2 aromatic carbocycles. The molecule has 3 rings (SSSR count). The first-order valence-electron chi connectivity index (χ1n) is 9.42. The van der Waals surface area contributed by atoms with E-state index in [9.17, 15) is 4.79 Å². The minimum Gasteiger partial charge on any atom is -0.497 e. The number of para-hydroxylation sites is 1. The van der Waals surface area contributed by atoms with E-state index in [0.29, 0.717) is 29.8 Å². The number of hydrogen-bond donors (Lipinski definition) is 3. The maximum atomic E-state index is 12.1. The van der Waals surface area contributed by atoms with Crippen LogP contribution in [0.3, 0.4) is 0 Å². The molecule has 8 nitrogen and oxygen atoms in total. The summed E-state index contributed by atoms with van der Waals surface area (Å²) in [5, 5.41) is 6.02. The highest BCUT2D eigenvalue weighted by molar-refractivity contribution is 7.99. The summed E-state index contributed by atoms with van der Waals surface area (Å²) in [6.45, 7) is 0.579. The molecule has 0 atom stereocenters. The number of thioether (sulfide) groups is 1. The molecule has 9 heteroatoms. The summed E-state index contributed by atoms with van der Waals surface area (Å²) in [6, 6.07) is 17.4. The third-order valence-electron chi connectivity index (χ3n) is 4.09.